The summed E-state index contributed by atoms with van der Waals surface area (Å²) in [6.45, 7) is -0.114. The van der Waals surface area contributed by atoms with Crippen molar-refractivity contribution < 1.29 is 54.6 Å². The molecule has 6 nitrogen and oxygen atoms in total. The van der Waals surface area contributed by atoms with Crippen LogP contribution in [-0.2, 0) is 28.2 Å². The molecule has 1 aromatic carbocycles. The van der Waals surface area contributed by atoms with E-state index in [9.17, 15) is 40.2 Å². The number of rotatable bonds is 6. The average molecular weight is 511 g/mol. The lowest BCUT2D eigenvalue weighted by Gasteiger charge is -2.33. The Kier molecular flexibility index (Phi) is 9.01. The van der Waals surface area contributed by atoms with Crippen LogP contribution in [0.2, 0.25) is 5.02 Å². The van der Waals surface area contributed by atoms with Crippen molar-refractivity contribution in [1.82, 2.24) is 9.78 Å². The predicted octanol–water partition coefficient (Wildman–Crippen LogP) is 5.12. The number of nitrogens with zero attached hydrogens (tertiary/aromatic N) is 2. The number of halogens is 9. The maximum Gasteiger partial charge on any atom is 0.430 e. The molecule has 0 aliphatic carbocycles. The summed E-state index contributed by atoms with van der Waals surface area (Å²) < 4.78 is 110. The van der Waals surface area contributed by atoms with Crippen molar-refractivity contribution in [3.63, 3.8) is 0 Å². The van der Waals surface area contributed by atoms with E-state index >= 15 is 0 Å². The van der Waals surface area contributed by atoms with Gasteiger partial charge in [-0.15, -0.1) is 0 Å². The van der Waals surface area contributed by atoms with E-state index in [0.29, 0.717) is 24.2 Å². The second kappa shape index (κ2) is 10.5. The Morgan fingerprint density at radius 3 is 2.03 bits per heavy atom. The minimum atomic E-state index is -6.19. The normalized spacial score (nSPS) is 12.3. The molecule has 0 amide bonds. The van der Waals surface area contributed by atoms with E-state index in [4.69, 9.17) is 21.2 Å². The number of aliphatic hydroxyl groups is 1. The predicted molar refractivity (Wildman–Crippen MR) is 95.4 cm³/mol. The second-order valence-electron chi connectivity index (χ2n) is 6.16. The minimum Gasteiger partial charge on any atom is -0.434 e. The number of aromatic nitrogens is 2. The summed E-state index contributed by atoms with van der Waals surface area (Å²) in [5.74, 6) is -1.03. The molecule has 0 aliphatic rings. The first-order valence-electron chi connectivity index (χ1n) is 8.80. The van der Waals surface area contributed by atoms with Gasteiger partial charge in [-0.1, -0.05) is 24.6 Å². The fourth-order valence-corrected chi connectivity index (χ4v) is 3.20. The lowest BCUT2D eigenvalue weighted by Crippen LogP contribution is -2.53. The highest BCUT2D eigenvalue weighted by molar-refractivity contribution is 6.33. The van der Waals surface area contributed by atoms with Gasteiger partial charge >= 0.3 is 25.1 Å². The molecule has 0 saturated carbocycles. The molecular formula is C18H15ClF8N2O4. The molecule has 15 heteroatoms. The van der Waals surface area contributed by atoms with Crippen molar-refractivity contribution in [2.24, 2.45) is 0 Å². The van der Waals surface area contributed by atoms with E-state index < -0.39 is 35.9 Å². The number of ether oxygens (including phenoxy) is 1. The van der Waals surface area contributed by atoms with E-state index in [2.05, 4.69) is 9.84 Å². The molecule has 0 radical (unpaired) electrons. The van der Waals surface area contributed by atoms with Gasteiger partial charge in [-0.05, 0) is 25.5 Å². The first kappa shape index (κ1) is 28.3. The highest BCUT2D eigenvalue weighted by atomic mass is 35.5. The van der Waals surface area contributed by atoms with Crippen LogP contribution in [-0.4, -0.2) is 40.0 Å². The van der Waals surface area contributed by atoms with Gasteiger partial charge in [-0.25, -0.2) is 0 Å². The second-order valence-corrected chi connectivity index (χ2v) is 6.54. The first-order chi connectivity index (χ1) is 15.1. The zero-order valence-corrected chi connectivity index (χ0v) is 17.4. The summed E-state index contributed by atoms with van der Waals surface area (Å²) in [6.07, 6.45) is -11.8. The van der Waals surface area contributed by atoms with Gasteiger partial charge < -0.3 is 9.84 Å². The highest BCUT2D eigenvalue weighted by Gasteiger charge is 2.71. The Morgan fingerprint density at radius 2 is 1.64 bits per heavy atom. The van der Waals surface area contributed by atoms with Crippen molar-refractivity contribution in [2.45, 2.75) is 51.4 Å². The van der Waals surface area contributed by atoms with E-state index in [1.807, 2.05) is 0 Å². The highest BCUT2D eigenvalue weighted by Crippen LogP contribution is 2.51. The van der Waals surface area contributed by atoms with Crippen LogP contribution >= 0.6 is 11.6 Å². The van der Waals surface area contributed by atoms with Gasteiger partial charge in [-0.2, -0.15) is 49.8 Å². The molecule has 0 atom stereocenters. The number of alkyl halides is 8. The first-order valence-corrected chi connectivity index (χ1v) is 9.18. The largest absolute Gasteiger partial charge is 0.434 e. The smallest absolute Gasteiger partial charge is 0.430 e. The van der Waals surface area contributed by atoms with Crippen LogP contribution in [0.4, 0.5) is 35.1 Å². The van der Waals surface area contributed by atoms with Gasteiger partial charge in [0.15, 0.2) is 0 Å². The van der Waals surface area contributed by atoms with Gasteiger partial charge in [0.1, 0.15) is 5.75 Å². The van der Waals surface area contributed by atoms with Crippen LogP contribution in [0, 0.1) is 0 Å². The van der Waals surface area contributed by atoms with Crippen LogP contribution in [0.15, 0.2) is 18.2 Å². The molecular weight excluding hydrogens is 496 g/mol. The van der Waals surface area contributed by atoms with E-state index in [1.54, 1.807) is 13.8 Å². The number of hydrogen-bond donors (Lipinski definition) is 1. The maximum atomic E-state index is 13.1. The SMILES string of the molecule is CCc1nn(CC)c(-c2ccc(C(O)(C(F)(F)F)C(F)(F)F)cc2OC(F)F)c1Cl.O=C=O. The van der Waals surface area contributed by atoms with E-state index in [-0.39, 0.29) is 35.0 Å². The minimum absolute atomic E-state index is 0.0203. The topological polar surface area (TPSA) is 81.4 Å². The molecule has 184 valence electrons. The Morgan fingerprint density at radius 1 is 1.12 bits per heavy atom. The summed E-state index contributed by atoms with van der Waals surface area (Å²) in [5.41, 5.74) is -7.05. The van der Waals surface area contributed by atoms with Crippen molar-refractivity contribution in [3.8, 4) is 17.0 Å². The van der Waals surface area contributed by atoms with Crippen LogP contribution in [0.25, 0.3) is 11.3 Å². The van der Waals surface area contributed by atoms with Crippen LogP contribution < -0.4 is 4.74 Å². The van der Waals surface area contributed by atoms with Crippen LogP contribution in [0.1, 0.15) is 25.1 Å². The monoisotopic (exact) mass is 510 g/mol. The molecule has 0 spiro atoms. The average Bonchev–Trinajstić information content (AvgIpc) is 3.01. The van der Waals surface area contributed by atoms with E-state index in [1.165, 1.54) is 4.68 Å². The molecule has 0 bridgehead atoms. The molecule has 1 N–H and O–H groups in total. The third-order valence-corrected chi connectivity index (χ3v) is 4.68. The third kappa shape index (κ3) is 5.63. The Labute approximate surface area is 185 Å². The van der Waals surface area contributed by atoms with E-state index in [0.717, 1.165) is 0 Å². The summed E-state index contributed by atoms with van der Waals surface area (Å²) in [6, 6.07) is 1.07. The lowest BCUT2D eigenvalue weighted by atomic mass is 9.90. The molecule has 1 heterocycles. The molecule has 0 unspecified atom stereocenters. The Balaban J connectivity index is 0.00000172. The van der Waals surface area contributed by atoms with Crippen molar-refractivity contribution >= 4 is 17.8 Å². The van der Waals surface area contributed by atoms with Crippen LogP contribution in [0.5, 0.6) is 5.75 Å². The lowest BCUT2D eigenvalue weighted by molar-refractivity contribution is -0.376. The molecule has 2 rings (SSSR count). The molecule has 0 saturated heterocycles. The summed E-state index contributed by atoms with van der Waals surface area (Å²) >= 11 is 6.19. The summed E-state index contributed by atoms with van der Waals surface area (Å²) in [7, 11) is 0. The zero-order chi connectivity index (χ0) is 25.8. The number of hydrogen-bond acceptors (Lipinski definition) is 5. The molecule has 33 heavy (non-hydrogen) atoms. The quantitative estimate of drug-likeness (QED) is 0.546. The maximum absolute atomic E-state index is 13.1. The van der Waals surface area contributed by atoms with Gasteiger partial charge in [0.2, 0.25) is 0 Å². The Hall–Kier alpha value is -2.70. The summed E-state index contributed by atoms with van der Waals surface area (Å²) in [4.78, 5) is 16.2. The third-order valence-electron chi connectivity index (χ3n) is 4.29. The molecule has 2 aromatic rings. The van der Waals surface area contributed by atoms with Gasteiger partial charge in [-0.3, -0.25) is 4.68 Å². The molecule has 0 aliphatic heterocycles. The van der Waals surface area contributed by atoms with Crippen molar-refractivity contribution in [3.05, 3.63) is 34.5 Å². The van der Waals surface area contributed by atoms with Crippen molar-refractivity contribution in [2.75, 3.05) is 0 Å². The number of benzene rings is 1. The standard InChI is InChI=1S/C17H15ClF8N2O2.CO2/c1-3-10-12(18)13(28(4-2)27-10)9-6-5-8(7-11(9)30-14(19)20)15(29,16(21,22)23)17(24,25)26;2-1-3/h5-7,14,29H,3-4H2,1-2H3;. The van der Waals surface area contributed by atoms with Crippen molar-refractivity contribution in [1.29, 1.82) is 0 Å². The van der Waals surface area contributed by atoms with Gasteiger partial charge in [0.05, 0.1) is 16.4 Å². The molecule has 1 aromatic heterocycles. The van der Waals surface area contributed by atoms with Gasteiger partial charge in [0, 0.05) is 17.7 Å². The van der Waals surface area contributed by atoms with Gasteiger partial charge in [0.25, 0.3) is 5.60 Å². The van der Waals surface area contributed by atoms with Crippen LogP contribution in [0.3, 0.4) is 0 Å². The number of aryl methyl sites for hydroxylation is 2. The number of carbonyl (C=O) groups excluding carboxylic acids is 2. The Bertz CT molecular complexity index is 985. The fraction of sp³-hybridized carbons (Fsp3) is 0.444. The fourth-order valence-electron chi connectivity index (χ4n) is 2.83. The molecule has 0 fully saturated rings. The summed E-state index contributed by atoms with van der Waals surface area (Å²) in [5, 5.41) is 13.6. The zero-order valence-electron chi connectivity index (χ0n) is 16.7.